The summed E-state index contributed by atoms with van der Waals surface area (Å²) in [4.78, 5) is 0. The second-order valence-electron chi connectivity index (χ2n) is 13.2. The summed E-state index contributed by atoms with van der Waals surface area (Å²) in [6, 6.07) is 0. The van der Waals surface area contributed by atoms with E-state index >= 15 is 0 Å². The van der Waals surface area contributed by atoms with Crippen molar-refractivity contribution in [2.75, 3.05) is 0 Å². The van der Waals surface area contributed by atoms with Gasteiger partial charge in [0.05, 0.1) is 17.0 Å². The van der Waals surface area contributed by atoms with Crippen molar-refractivity contribution in [2.45, 2.75) is 123 Å². The van der Waals surface area contributed by atoms with E-state index in [1.54, 1.807) is 11.1 Å². The molecule has 31 heavy (non-hydrogen) atoms. The van der Waals surface area contributed by atoms with Crippen LogP contribution in [0.2, 0.25) is 0 Å². The van der Waals surface area contributed by atoms with Crippen molar-refractivity contribution < 1.29 is 5.11 Å². The Hall–Kier alpha value is -0.960. The molecule has 1 fully saturated rings. The number of hydrogen-bond donors (Lipinski definition) is 1. The third kappa shape index (κ3) is 3.40. The molecule has 1 aromatic heterocycles. The van der Waals surface area contributed by atoms with Crippen LogP contribution in [0.25, 0.3) is 0 Å². The highest BCUT2D eigenvalue weighted by atomic mass is 16.3. The maximum absolute atomic E-state index is 10.1. The van der Waals surface area contributed by atoms with Crippen molar-refractivity contribution in [2.24, 2.45) is 29.1 Å². The molecule has 5 rings (SSSR count). The van der Waals surface area contributed by atoms with Gasteiger partial charge in [0, 0.05) is 0 Å². The van der Waals surface area contributed by atoms with E-state index in [1.807, 2.05) is 13.8 Å². The molecule has 0 amide bonds. The summed E-state index contributed by atoms with van der Waals surface area (Å²) in [6.07, 6.45) is 12.3. The number of hydrogen-bond acceptors (Lipinski definition) is 3. The summed E-state index contributed by atoms with van der Waals surface area (Å²) in [6.45, 7) is 14.0. The lowest BCUT2D eigenvalue weighted by Gasteiger charge is -2.56. The first-order chi connectivity index (χ1) is 14.5. The third-order valence-corrected chi connectivity index (χ3v) is 10.4. The first-order valence-corrected chi connectivity index (χ1v) is 13.1. The van der Waals surface area contributed by atoms with E-state index in [9.17, 15) is 5.11 Å². The summed E-state index contributed by atoms with van der Waals surface area (Å²) < 4.78 is 0. The lowest BCUT2D eigenvalue weighted by atomic mass is 9.48. The number of fused-ring (bicyclic) bond motifs is 2. The zero-order valence-corrected chi connectivity index (χ0v) is 20.8. The molecule has 7 atom stereocenters. The van der Waals surface area contributed by atoms with Crippen LogP contribution in [-0.4, -0.2) is 20.9 Å². The summed E-state index contributed by atoms with van der Waals surface area (Å²) in [7, 11) is 0. The summed E-state index contributed by atoms with van der Waals surface area (Å²) in [5, 5.41) is 19.9. The molecule has 5 unspecified atom stereocenters. The van der Waals surface area contributed by atoms with Crippen LogP contribution in [0.4, 0.5) is 0 Å². The fraction of sp³-hybridized carbons (Fsp3) is 0.857. The van der Waals surface area contributed by atoms with Gasteiger partial charge in [0.1, 0.15) is 0 Å². The predicted molar refractivity (Wildman–Crippen MR) is 126 cm³/mol. The minimum Gasteiger partial charge on any atom is -0.390 e. The lowest BCUT2D eigenvalue weighted by molar-refractivity contribution is 0.0271. The Morgan fingerprint density at radius 3 is 2.58 bits per heavy atom. The van der Waals surface area contributed by atoms with Crippen LogP contribution in [0.1, 0.15) is 121 Å². The Labute approximate surface area is 189 Å². The van der Waals surface area contributed by atoms with E-state index in [0.717, 1.165) is 37.5 Å². The van der Waals surface area contributed by atoms with Gasteiger partial charge in [-0.25, -0.2) is 0 Å². The maximum atomic E-state index is 10.1. The maximum Gasteiger partial charge on any atom is 0.0674 e. The molecule has 1 saturated carbocycles. The molecule has 1 N–H and O–H groups in total. The van der Waals surface area contributed by atoms with Gasteiger partial charge >= 0.3 is 0 Å². The van der Waals surface area contributed by atoms with Crippen LogP contribution < -0.4 is 0 Å². The minimum absolute atomic E-state index is 0.269. The molecule has 0 radical (unpaired) electrons. The lowest BCUT2D eigenvalue weighted by Crippen LogP contribution is -2.48. The Kier molecular flexibility index (Phi) is 5.13. The standard InChI is InChI=1S/C28H44N2O/c1-17-9-12-27(5)19(14-17)15-22-24-20(27)10-13-28(6)21(16-23(25(24)28)30-29-22)18(2)8-7-11-26(3,4)31/h17-21,31H,7-16H2,1-6H3/t17?,18-,19-,20?,21?,27?,28?/m1/s1. The molecular formula is C28H44N2O. The highest BCUT2D eigenvalue weighted by Crippen LogP contribution is 2.65. The fourth-order valence-electron chi connectivity index (χ4n) is 8.54. The number of rotatable bonds is 5. The largest absolute Gasteiger partial charge is 0.390 e. The molecule has 1 heterocycles. The molecule has 3 nitrogen and oxygen atoms in total. The predicted octanol–water partition coefficient (Wildman–Crippen LogP) is 6.36. The zero-order chi connectivity index (χ0) is 22.2. The van der Waals surface area contributed by atoms with E-state index in [1.165, 1.54) is 49.9 Å². The van der Waals surface area contributed by atoms with E-state index in [2.05, 4.69) is 27.7 Å². The second-order valence-corrected chi connectivity index (χ2v) is 13.2. The molecular weight excluding hydrogens is 380 g/mol. The molecule has 4 aliphatic carbocycles. The van der Waals surface area contributed by atoms with Crippen LogP contribution in [0, 0.1) is 29.1 Å². The Bertz CT molecular complexity index is 857. The molecule has 0 saturated heterocycles. The molecule has 0 aromatic carbocycles. The zero-order valence-electron chi connectivity index (χ0n) is 20.8. The smallest absolute Gasteiger partial charge is 0.0674 e. The van der Waals surface area contributed by atoms with Gasteiger partial charge in [-0.2, -0.15) is 10.2 Å². The van der Waals surface area contributed by atoms with Crippen LogP contribution >= 0.6 is 0 Å². The highest BCUT2D eigenvalue weighted by Gasteiger charge is 2.57. The highest BCUT2D eigenvalue weighted by molar-refractivity contribution is 5.50. The monoisotopic (exact) mass is 424 g/mol. The summed E-state index contributed by atoms with van der Waals surface area (Å²) >= 11 is 0. The van der Waals surface area contributed by atoms with Crippen molar-refractivity contribution in [1.29, 1.82) is 0 Å². The van der Waals surface area contributed by atoms with Crippen molar-refractivity contribution >= 4 is 0 Å². The summed E-state index contributed by atoms with van der Waals surface area (Å²) in [5.74, 6) is 3.70. The van der Waals surface area contributed by atoms with Gasteiger partial charge in [-0.05, 0) is 110 Å². The van der Waals surface area contributed by atoms with Crippen LogP contribution in [0.15, 0.2) is 0 Å². The average Bonchev–Trinajstić information content (AvgIpc) is 2.99. The van der Waals surface area contributed by atoms with Gasteiger partial charge in [0.25, 0.3) is 0 Å². The van der Waals surface area contributed by atoms with Gasteiger partial charge in [-0.1, -0.05) is 47.0 Å². The number of nitrogens with zero attached hydrogens (tertiary/aromatic N) is 2. The van der Waals surface area contributed by atoms with E-state index in [4.69, 9.17) is 10.2 Å². The molecule has 1 aromatic rings. The summed E-state index contributed by atoms with van der Waals surface area (Å²) in [5.41, 5.74) is 6.19. The van der Waals surface area contributed by atoms with Gasteiger partial charge in [0.2, 0.25) is 0 Å². The van der Waals surface area contributed by atoms with E-state index in [0.29, 0.717) is 23.2 Å². The Morgan fingerprint density at radius 2 is 1.84 bits per heavy atom. The normalized spacial score (nSPS) is 39.7. The van der Waals surface area contributed by atoms with Gasteiger partial charge in [-0.3, -0.25) is 0 Å². The fourth-order valence-corrected chi connectivity index (χ4v) is 8.54. The molecule has 0 bridgehead atoms. The quantitative estimate of drug-likeness (QED) is 0.598. The van der Waals surface area contributed by atoms with Crippen molar-refractivity contribution in [3.63, 3.8) is 0 Å². The van der Waals surface area contributed by atoms with Crippen LogP contribution in [0.5, 0.6) is 0 Å². The van der Waals surface area contributed by atoms with Gasteiger partial charge < -0.3 is 5.11 Å². The van der Waals surface area contributed by atoms with Crippen molar-refractivity contribution in [3.05, 3.63) is 22.5 Å². The molecule has 172 valence electrons. The van der Waals surface area contributed by atoms with Crippen LogP contribution in [-0.2, 0) is 18.3 Å². The van der Waals surface area contributed by atoms with Crippen molar-refractivity contribution in [1.82, 2.24) is 10.2 Å². The second kappa shape index (κ2) is 7.27. The Balaban J connectivity index is 1.46. The molecule has 0 spiro atoms. The van der Waals surface area contributed by atoms with E-state index in [-0.39, 0.29) is 5.41 Å². The molecule has 3 heteroatoms. The number of aromatic nitrogens is 2. The third-order valence-electron chi connectivity index (χ3n) is 10.4. The van der Waals surface area contributed by atoms with Crippen molar-refractivity contribution in [3.8, 4) is 0 Å². The average molecular weight is 425 g/mol. The molecule has 0 aliphatic heterocycles. The minimum atomic E-state index is -0.547. The van der Waals surface area contributed by atoms with Crippen LogP contribution in [0.3, 0.4) is 0 Å². The molecule has 4 aliphatic rings. The topological polar surface area (TPSA) is 46.0 Å². The van der Waals surface area contributed by atoms with Gasteiger partial charge in [-0.15, -0.1) is 0 Å². The first kappa shape index (κ1) is 21.9. The van der Waals surface area contributed by atoms with Gasteiger partial charge in [0.15, 0.2) is 0 Å². The van der Waals surface area contributed by atoms with E-state index < -0.39 is 5.60 Å². The number of aliphatic hydroxyl groups is 1. The first-order valence-electron chi connectivity index (χ1n) is 13.1. The Morgan fingerprint density at radius 1 is 1.10 bits per heavy atom. The SMILES string of the molecule is CC1CCC2(C)C3CCC4(C)c5c(nnc(c53)C[C@H]2C1)CC4[C@H](C)CCCC(C)(C)O.